The number of carbonyl (C=O) groups excluding carboxylic acids is 1. The Morgan fingerprint density at radius 3 is 2.76 bits per heavy atom. The van der Waals surface area contributed by atoms with Crippen LogP contribution in [-0.4, -0.2) is 69.0 Å². The Morgan fingerprint density at radius 2 is 2.00 bits per heavy atom. The standard InChI is InChI=1S/C25H32N2O6/c28-16-7-6-15-12-18-25(26-19(30)2-1-3-20(31)32)9-8-17(29)23-24(25,21(15)22(16)33-23)10-11-27(18)13-14-4-5-14/h6-7,14,17-18,23,28-29H,1-5,8-13H2,(H,26,30)(H,31,32)/t17-,18-,23+,24+,25-/m1/s1. The van der Waals surface area contributed by atoms with Gasteiger partial charge in [0.25, 0.3) is 0 Å². The zero-order valence-corrected chi connectivity index (χ0v) is 18.8. The minimum Gasteiger partial charge on any atom is -0.504 e. The van der Waals surface area contributed by atoms with E-state index >= 15 is 0 Å². The Kier molecular flexibility index (Phi) is 4.72. The van der Waals surface area contributed by atoms with Gasteiger partial charge >= 0.3 is 5.97 Å². The molecule has 178 valence electrons. The fourth-order valence-corrected chi connectivity index (χ4v) is 7.47. The largest absolute Gasteiger partial charge is 0.504 e. The number of rotatable bonds is 7. The summed E-state index contributed by atoms with van der Waals surface area (Å²) in [7, 11) is 0. The van der Waals surface area contributed by atoms with Gasteiger partial charge in [-0.3, -0.25) is 14.5 Å². The van der Waals surface area contributed by atoms with Crippen molar-refractivity contribution >= 4 is 11.9 Å². The lowest BCUT2D eigenvalue weighted by atomic mass is 9.47. The number of hydrogen-bond donors (Lipinski definition) is 4. The average Bonchev–Trinajstić information content (AvgIpc) is 3.50. The first-order chi connectivity index (χ1) is 15.9. The summed E-state index contributed by atoms with van der Waals surface area (Å²) in [5, 5.41) is 34.1. The van der Waals surface area contributed by atoms with Gasteiger partial charge < -0.3 is 25.4 Å². The maximum absolute atomic E-state index is 13.2. The molecule has 2 saturated carbocycles. The molecule has 2 heterocycles. The zero-order chi connectivity index (χ0) is 23.0. The topological polar surface area (TPSA) is 119 Å². The van der Waals surface area contributed by atoms with Crippen LogP contribution in [0.3, 0.4) is 0 Å². The van der Waals surface area contributed by atoms with E-state index in [0.717, 1.165) is 37.1 Å². The third-order valence-corrected chi connectivity index (χ3v) is 8.94. The average molecular weight is 457 g/mol. The number of nitrogens with one attached hydrogen (secondary N) is 1. The summed E-state index contributed by atoms with van der Waals surface area (Å²) < 4.78 is 6.32. The second-order valence-corrected chi connectivity index (χ2v) is 10.7. The summed E-state index contributed by atoms with van der Waals surface area (Å²) >= 11 is 0. The maximum Gasteiger partial charge on any atom is 0.303 e. The predicted octanol–water partition coefficient (Wildman–Crippen LogP) is 1.70. The molecule has 1 amide bonds. The summed E-state index contributed by atoms with van der Waals surface area (Å²) in [5.41, 5.74) is 0.899. The van der Waals surface area contributed by atoms with E-state index in [1.54, 1.807) is 6.07 Å². The second kappa shape index (κ2) is 7.34. The molecule has 3 fully saturated rings. The van der Waals surface area contributed by atoms with Crippen molar-refractivity contribution in [3.63, 3.8) is 0 Å². The molecule has 0 unspecified atom stereocenters. The number of aliphatic hydroxyl groups is 1. The quantitative estimate of drug-likeness (QED) is 0.493. The predicted molar refractivity (Wildman–Crippen MR) is 118 cm³/mol. The van der Waals surface area contributed by atoms with Crippen LogP contribution in [0.2, 0.25) is 0 Å². The first-order valence-electron chi connectivity index (χ1n) is 12.3. The van der Waals surface area contributed by atoms with Crippen molar-refractivity contribution in [3.8, 4) is 11.5 Å². The van der Waals surface area contributed by atoms with Crippen molar-refractivity contribution in [1.82, 2.24) is 10.2 Å². The van der Waals surface area contributed by atoms with E-state index in [0.29, 0.717) is 30.9 Å². The summed E-state index contributed by atoms with van der Waals surface area (Å²) in [6.45, 7) is 1.89. The molecule has 3 aliphatic carbocycles. The van der Waals surface area contributed by atoms with Crippen molar-refractivity contribution in [1.29, 1.82) is 0 Å². The van der Waals surface area contributed by atoms with Gasteiger partial charge in [-0.2, -0.15) is 0 Å². The molecular formula is C25H32N2O6. The molecule has 2 bridgehead atoms. The van der Waals surface area contributed by atoms with Crippen molar-refractivity contribution < 1.29 is 29.6 Å². The number of ether oxygens (including phenoxy) is 1. The number of nitrogens with zero attached hydrogens (tertiary/aromatic N) is 1. The van der Waals surface area contributed by atoms with Gasteiger partial charge in [0, 0.05) is 31.0 Å². The first-order valence-corrected chi connectivity index (χ1v) is 12.3. The summed E-state index contributed by atoms with van der Waals surface area (Å²) in [5.74, 6) is 0.233. The molecule has 5 aliphatic rings. The highest BCUT2D eigenvalue weighted by atomic mass is 16.5. The third-order valence-electron chi connectivity index (χ3n) is 8.94. The number of aliphatic hydroxyl groups excluding tert-OH is 1. The number of piperidine rings is 1. The Balaban J connectivity index is 1.45. The lowest BCUT2D eigenvalue weighted by Gasteiger charge is -2.66. The van der Waals surface area contributed by atoms with E-state index < -0.39 is 29.1 Å². The highest BCUT2D eigenvalue weighted by Crippen LogP contribution is 2.65. The normalized spacial score (nSPS) is 36.1. The number of aliphatic carboxylic acids is 1. The summed E-state index contributed by atoms with van der Waals surface area (Å²) in [6.07, 6.45) is 4.40. The molecular weight excluding hydrogens is 424 g/mol. The molecule has 2 aliphatic heterocycles. The summed E-state index contributed by atoms with van der Waals surface area (Å²) in [6, 6.07) is 3.75. The van der Waals surface area contributed by atoms with Gasteiger partial charge in [0.15, 0.2) is 11.5 Å². The third kappa shape index (κ3) is 2.96. The van der Waals surface area contributed by atoms with E-state index in [2.05, 4.69) is 10.2 Å². The van der Waals surface area contributed by atoms with Crippen LogP contribution in [0, 0.1) is 5.92 Å². The van der Waals surface area contributed by atoms with Gasteiger partial charge in [-0.05, 0) is 69.0 Å². The molecule has 8 nitrogen and oxygen atoms in total. The van der Waals surface area contributed by atoms with Gasteiger partial charge in [-0.15, -0.1) is 0 Å². The number of amides is 1. The van der Waals surface area contributed by atoms with Crippen molar-refractivity contribution in [2.24, 2.45) is 5.92 Å². The Hall–Kier alpha value is -2.32. The van der Waals surface area contributed by atoms with Gasteiger partial charge in [0.1, 0.15) is 6.10 Å². The second-order valence-electron chi connectivity index (χ2n) is 10.7. The Bertz CT molecular complexity index is 1010. The zero-order valence-electron chi connectivity index (χ0n) is 18.8. The number of carboxylic acids is 1. The van der Waals surface area contributed by atoms with Gasteiger partial charge in [0.2, 0.25) is 5.91 Å². The molecule has 4 N–H and O–H groups in total. The van der Waals surface area contributed by atoms with E-state index in [4.69, 9.17) is 9.84 Å². The number of phenolic OH excluding ortho intramolecular Hbond substituents is 1. The monoisotopic (exact) mass is 456 g/mol. The van der Waals surface area contributed by atoms with E-state index in [9.17, 15) is 19.8 Å². The molecule has 1 aromatic rings. The number of likely N-dealkylation sites (tertiary alicyclic amines) is 1. The number of carboxylic acid groups (broad SMARTS) is 1. The molecule has 8 heteroatoms. The number of carbonyl (C=O) groups is 2. The highest BCUT2D eigenvalue weighted by Gasteiger charge is 2.73. The number of benzene rings is 1. The fraction of sp³-hybridized carbons (Fsp3) is 0.680. The molecule has 0 aromatic heterocycles. The van der Waals surface area contributed by atoms with Crippen molar-refractivity contribution in [2.75, 3.05) is 13.1 Å². The fourth-order valence-electron chi connectivity index (χ4n) is 7.47. The molecule has 1 spiro atoms. The molecule has 6 rings (SSSR count). The lowest BCUT2D eigenvalue weighted by molar-refractivity contribution is -0.148. The molecule has 33 heavy (non-hydrogen) atoms. The molecule has 5 atom stereocenters. The van der Waals surface area contributed by atoms with Gasteiger partial charge in [-0.25, -0.2) is 0 Å². The van der Waals surface area contributed by atoms with Crippen LogP contribution in [0.4, 0.5) is 0 Å². The number of hydrogen-bond acceptors (Lipinski definition) is 6. The molecule has 1 saturated heterocycles. The van der Waals surface area contributed by atoms with E-state index in [1.807, 2.05) is 6.07 Å². The van der Waals surface area contributed by atoms with Crippen molar-refractivity contribution in [3.05, 3.63) is 23.3 Å². The van der Waals surface area contributed by atoms with Crippen LogP contribution < -0.4 is 10.1 Å². The smallest absolute Gasteiger partial charge is 0.303 e. The summed E-state index contributed by atoms with van der Waals surface area (Å²) in [4.78, 5) is 26.7. The maximum atomic E-state index is 13.2. The number of phenols is 1. The van der Waals surface area contributed by atoms with Crippen LogP contribution in [0.1, 0.15) is 62.5 Å². The SMILES string of the molecule is O=C(O)CCCC(=O)N[C@@]12CC[C@@H](O)[C@@H]3Oc4c(O)ccc5c4[C@@]31CCN(CC1CC1)[C@@H]2C5. The minimum atomic E-state index is -0.899. The lowest BCUT2D eigenvalue weighted by Crippen LogP contribution is -2.82. The van der Waals surface area contributed by atoms with E-state index in [-0.39, 0.29) is 30.5 Å². The van der Waals surface area contributed by atoms with Crippen LogP contribution in [0.5, 0.6) is 11.5 Å². The first kappa shape index (κ1) is 21.2. The highest BCUT2D eigenvalue weighted by molar-refractivity contribution is 5.79. The minimum absolute atomic E-state index is 0.0336. The molecule has 1 aromatic carbocycles. The van der Waals surface area contributed by atoms with Crippen LogP contribution >= 0.6 is 0 Å². The Labute approximate surface area is 192 Å². The van der Waals surface area contributed by atoms with Gasteiger partial charge in [-0.1, -0.05) is 6.07 Å². The van der Waals surface area contributed by atoms with E-state index in [1.165, 1.54) is 12.8 Å². The van der Waals surface area contributed by atoms with Gasteiger partial charge in [0.05, 0.1) is 17.1 Å². The van der Waals surface area contributed by atoms with Crippen LogP contribution in [0.15, 0.2) is 12.1 Å². The van der Waals surface area contributed by atoms with Crippen LogP contribution in [0.25, 0.3) is 0 Å². The Morgan fingerprint density at radius 1 is 1.18 bits per heavy atom. The number of aromatic hydroxyl groups is 1. The molecule has 0 radical (unpaired) electrons. The van der Waals surface area contributed by atoms with Crippen LogP contribution in [-0.2, 0) is 21.4 Å². The van der Waals surface area contributed by atoms with Crippen molar-refractivity contribution in [2.45, 2.75) is 87.0 Å².